The Labute approximate surface area is 116 Å². The largest absolute Gasteiger partial charge is 0.373 e. The second kappa shape index (κ2) is 5.85. The number of nitriles is 1. The molecule has 1 atom stereocenters. The lowest BCUT2D eigenvalue weighted by atomic mass is 10.1. The summed E-state index contributed by atoms with van der Waals surface area (Å²) in [6.07, 6.45) is 0. The van der Waals surface area contributed by atoms with Gasteiger partial charge < -0.3 is 5.32 Å². The first-order chi connectivity index (χ1) is 9.61. The molecule has 2 rings (SSSR count). The van der Waals surface area contributed by atoms with Crippen LogP contribution >= 0.6 is 0 Å². The van der Waals surface area contributed by atoms with Crippen molar-refractivity contribution in [3.63, 3.8) is 0 Å². The normalized spacial score (nSPS) is 11.4. The summed E-state index contributed by atoms with van der Waals surface area (Å²) in [7, 11) is 0. The van der Waals surface area contributed by atoms with E-state index in [9.17, 15) is 10.1 Å². The number of nitrogens with zero attached hydrogens (tertiary/aromatic N) is 2. The molecule has 2 aromatic carbocycles. The molecule has 0 radical (unpaired) electrons. The summed E-state index contributed by atoms with van der Waals surface area (Å²) >= 11 is 0. The highest BCUT2D eigenvalue weighted by atomic mass is 16.6. The van der Waals surface area contributed by atoms with E-state index in [2.05, 4.69) is 11.4 Å². The second-order valence-electron chi connectivity index (χ2n) is 4.37. The van der Waals surface area contributed by atoms with E-state index in [0.29, 0.717) is 11.3 Å². The Bertz CT molecular complexity index is 660. The van der Waals surface area contributed by atoms with Crippen LogP contribution in [0.4, 0.5) is 11.4 Å². The molecule has 20 heavy (non-hydrogen) atoms. The Kier molecular flexibility index (Phi) is 3.96. The number of rotatable bonds is 4. The van der Waals surface area contributed by atoms with E-state index in [1.165, 1.54) is 6.07 Å². The van der Waals surface area contributed by atoms with Crippen LogP contribution in [0, 0.1) is 21.4 Å². The fourth-order valence-electron chi connectivity index (χ4n) is 1.92. The topological polar surface area (TPSA) is 79.0 Å². The highest BCUT2D eigenvalue weighted by molar-refractivity contribution is 5.62. The third kappa shape index (κ3) is 2.93. The molecule has 0 fully saturated rings. The first kappa shape index (κ1) is 13.6. The Hall–Kier alpha value is -2.87. The number of nitro groups is 1. The maximum atomic E-state index is 11.0. The molecule has 0 saturated heterocycles. The van der Waals surface area contributed by atoms with Crippen LogP contribution in [-0.4, -0.2) is 4.92 Å². The van der Waals surface area contributed by atoms with Crippen molar-refractivity contribution >= 4 is 11.4 Å². The van der Waals surface area contributed by atoms with Gasteiger partial charge >= 0.3 is 0 Å². The van der Waals surface area contributed by atoms with Crippen molar-refractivity contribution in [1.82, 2.24) is 0 Å². The van der Waals surface area contributed by atoms with Gasteiger partial charge in [0.25, 0.3) is 5.69 Å². The molecule has 2 aromatic rings. The fraction of sp³-hybridized carbons (Fsp3) is 0.133. The number of nitro benzene ring substituents is 1. The van der Waals surface area contributed by atoms with Gasteiger partial charge in [0.2, 0.25) is 0 Å². The van der Waals surface area contributed by atoms with Crippen LogP contribution < -0.4 is 5.32 Å². The lowest BCUT2D eigenvalue weighted by molar-refractivity contribution is -0.384. The molecule has 0 aliphatic heterocycles. The lowest BCUT2D eigenvalue weighted by Crippen LogP contribution is -2.08. The molecule has 5 heteroatoms. The molecule has 0 aromatic heterocycles. The molecule has 1 N–H and O–H groups in total. The highest BCUT2D eigenvalue weighted by Crippen LogP contribution is 2.27. The zero-order valence-electron chi connectivity index (χ0n) is 10.9. The van der Waals surface area contributed by atoms with Crippen molar-refractivity contribution in [3.05, 3.63) is 69.8 Å². The van der Waals surface area contributed by atoms with E-state index in [0.717, 1.165) is 5.56 Å². The monoisotopic (exact) mass is 267 g/mol. The van der Waals surface area contributed by atoms with Crippen LogP contribution in [-0.2, 0) is 0 Å². The fourth-order valence-corrected chi connectivity index (χ4v) is 1.92. The highest BCUT2D eigenvalue weighted by Gasteiger charge is 2.14. The van der Waals surface area contributed by atoms with Crippen LogP contribution in [0.25, 0.3) is 0 Å². The maximum Gasteiger partial charge on any atom is 0.292 e. The minimum absolute atomic E-state index is 0.0491. The summed E-state index contributed by atoms with van der Waals surface area (Å²) in [5, 5.41) is 22.8. The minimum atomic E-state index is -0.409. The summed E-state index contributed by atoms with van der Waals surface area (Å²) in [6, 6.07) is 15.6. The molecule has 0 saturated carbocycles. The number of hydrogen-bond donors (Lipinski definition) is 1. The number of anilines is 1. The van der Waals surface area contributed by atoms with E-state index in [4.69, 9.17) is 5.26 Å². The molecule has 1 unspecified atom stereocenters. The quantitative estimate of drug-likeness (QED) is 0.677. The third-order valence-corrected chi connectivity index (χ3v) is 3.01. The summed E-state index contributed by atoms with van der Waals surface area (Å²) in [4.78, 5) is 10.5. The van der Waals surface area contributed by atoms with Gasteiger partial charge in [0.1, 0.15) is 5.69 Å². The average Bonchev–Trinajstić information content (AvgIpc) is 2.47. The summed E-state index contributed by atoms with van der Waals surface area (Å²) in [5.41, 5.74) is 2.08. The molecule has 0 aliphatic rings. The van der Waals surface area contributed by atoms with E-state index in [1.54, 1.807) is 30.3 Å². The Morgan fingerprint density at radius 2 is 1.85 bits per heavy atom. The van der Waals surface area contributed by atoms with Gasteiger partial charge in [0.05, 0.1) is 16.6 Å². The third-order valence-electron chi connectivity index (χ3n) is 3.01. The predicted molar refractivity (Wildman–Crippen MR) is 76.3 cm³/mol. The first-order valence-electron chi connectivity index (χ1n) is 6.12. The molecule has 0 aliphatic carbocycles. The molecule has 5 nitrogen and oxygen atoms in total. The van der Waals surface area contributed by atoms with Gasteiger partial charge in [-0.15, -0.1) is 0 Å². The zero-order valence-corrected chi connectivity index (χ0v) is 10.9. The Balaban J connectivity index is 2.21. The van der Waals surface area contributed by atoms with Crippen molar-refractivity contribution in [2.24, 2.45) is 0 Å². The maximum absolute atomic E-state index is 11.0. The van der Waals surface area contributed by atoms with Crippen LogP contribution in [0.2, 0.25) is 0 Å². The van der Waals surface area contributed by atoms with E-state index >= 15 is 0 Å². The number of hydrogen-bond acceptors (Lipinski definition) is 4. The zero-order chi connectivity index (χ0) is 14.5. The van der Waals surface area contributed by atoms with Gasteiger partial charge in [-0.2, -0.15) is 5.26 Å². The molecule has 100 valence electrons. The molecular weight excluding hydrogens is 254 g/mol. The van der Waals surface area contributed by atoms with Crippen molar-refractivity contribution in [2.45, 2.75) is 13.0 Å². The van der Waals surface area contributed by atoms with Gasteiger partial charge in [0, 0.05) is 12.1 Å². The molecule has 0 spiro atoms. The Morgan fingerprint density at radius 3 is 2.45 bits per heavy atom. The van der Waals surface area contributed by atoms with Crippen molar-refractivity contribution in [3.8, 4) is 6.07 Å². The van der Waals surface area contributed by atoms with Crippen molar-refractivity contribution in [1.29, 1.82) is 5.26 Å². The van der Waals surface area contributed by atoms with Gasteiger partial charge in [-0.25, -0.2) is 0 Å². The Morgan fingerprint density at radius 1 is 1.20 bits per heavy atom. The SMILES string of the molecule is CC(Nc1ccccc1[N+](=O)[O-])c1ccc(C#N)cc1. The standard InChI is InChI=1S/C15H13N3O2/c1-11(13-8-6-12(10-16)7-9-13)17-14-4-2-3-5-15(14)18(19)20/h2-9,11,17H,1H3. The van der Waals surface area contributed by atoms with E-state index in [-0.39, 0.29) is 11.7 Å². The van der Waals surface area contributed by atoms with Gasteiger partial charge in [-0.3, -0.25) is 10.1 Å². The smallest absolute Gasteiger partial charge is 0.292 e. The molecule has 0 heterocycles. The molecule has 0 bridgehead atoms. The van der Waals surface area contributed by atoms with Crippen LogP contribution in [0.3, 0.4) is 0 Å². The molecular formula is C15H13N3O2. The average molecular weight is 267 g/mol. The van der Waals surface area contributed by atoms with Crippen LogP contribution in [0.15, 0.2) is 48.5 Å². The molecule has 0 amide bonds. The number of para-hydroxylation sites is 2. The summed E-state index contributed by atoms with van der Waals surface area (Å²) in [5.74, 6) is 0. The van der Waals surface area contributed by atoms with E-state index in [1.807, 2.05) is 19.1 Å². The minimum Gasteiger partial charge on any atom is -0.373 e. The van der Waals surface area contributed by atoms with Crippen molar-refractivity contribution in [2.75, 3.05) is 5.32 Å². The number of benzene rings is 2. The lowest BCUT2D eigenvalue weighted by Gasteiger charge is -2.15. The first-order valence-corrected chi connectivity index (χ1v) is 6.12. The number of nitrogens with one attached hydrogen (secondary N) is 1. The second-order valence-corrected chi connectivity index (χ2v) is 4.37. The van der Waals surface area contributed by atoms with Crippen LogP contribution in [0.5, 0.6) is 0 Å². The predicted octanol–water partition coefficient (Wildman–Crippen LogP) is 3.64. The van der Waals surface area contributed by atoms with E-state index < -0.39 is 4.92 Å². The van der Waals surface area contributed by atoms with Crippen molar-refractivity contribution < 1.29 is 4.92 Å². The van der Waals surface area contributed by atoms with Gasteiger partial charge in [0.15, 0.2) is 0 Å². The summed E-state index contributed by atoms with van der Waals surface area (Å²) < 4.78 is 0. The van der Waals surface area contributed by atoms with Crippen LogP contribution in [0.1, 0.15) is 24.1 Å². The summed E-state index contributed by atoms with van der Waals surface area (Å²) in [6.45, 7) is 1.91. The van der Waals surface area contributed by atoms with Gasteiger partial charge in [-0.05, 0) is 30.7 Å². The van der Waals surface area contributed by atoms with Gasteiger partial charge in [-0.1, -0.05) is 24.3 Å².